The number of hydrogen-bond donors (Lipinski definition) is 2. The lowest BCUT2D eigenvalue weighted by Gasteiger charge is -2.18. The summed E-state index contributed by atoms with van der Waals surface area (Å²) in [6.07, 6.45) is 5.22. The number of Topliss-reactive ketones (excluding diaryl/α,β-unsaturated/α-hetero) is 1. The first kappa shape index (κ1) is 19.9. The van der Waals surface area contributed by atoms with Crippen molar-refractivity contribution < 1.29 is 4.79 Å². The molecule has 0 saturated heterocycles. The van der Waals surface area contributed by atoms with Crippen LogP contribution in [0.4, 0.5) is 0 Å². The van der Waals surface area contributed by atoms with E-state index in [0.29, 0.717) is 12.2 Å². The van der Waals surface area contributed by atoms with E-state index >= 15 is 0 Å². The number of aromatic nitrogens is 4. The summed E-state index contributed by atoms with van der Waals surface area (Å²) in [5.74, 6) is -0.0112. The number of hydrogen-bond acceptors (Lipinski definition) is 5. The topological polar surface area (TPSA) is 83.6 Å². The maximum atomic E-state index is 12.4. The summed E-state index contributed by atoms with van der Waals surface area (Å²) in [6.45, 7) is 7.24. The Morgan fingerprint density at radius 1 is 1.00 bits per heavy atom. The molecule has 1 aromatic carbocycles. The Kier molecular flexibility index (Phi) is 5.42. The number of pyridine rings is 1. The van der Waals surface area contributed by atoms with Crippen LogP contribution >= 0.6 is 0 Å². The van der Waals surface area contributed by atoms with Gasteiger partial charge in [0.05, 0.1) is 12.2 Å². The molecule has 0 amide bonds. The third-order valence-electron chi connectivity index (χ3n) is 5.11. The van der Waals surface area contributed by atoms with Gasteiger partial charge < -0.3 is 10.3 Å². The Labute approximate surface area is 175 Å². The Morgan fingerprint density at radius 2 is 1.80 bits per heavy atom. The van der Waals surface area contributed by atoms with Crippen LogP contribution in [0.5, 0.6) is 0 Å². The van der Waals surface area contributed by atoms with Gasteiger partial charge in [-0.15, -0.1) is 0 Å². The lowest BCUT2D eigenvalue weighted by atomic mass is 9.88. The van der Waals surface area contributed by atoms with E-state index in [4.69, 9.17) is 0 Å². The van der Waals surface area contributed by atoms with Crippen molar-refractivity contribution in [2.75, 3.05) is 6.54 Å². The molecule has 0 aliphatic carbocycles. The summed E-state index contributed by atoms with van der Waals surface area (Å²) in [5, 5.41) is 4.21. The summed E-state index contributed by atoms with van der Waals surface area (Å²) >= 11 is 0. The Bertz CT molecular complexity index is 1150. The minimum Gasteiger partial charge on any atom is -0.346 e. The van der Waals surface area contributed by atoms with Crippen molar-refractivity contribution in [1.29, 1.82) is 0 Å². The fraction of sp³-hybridized carbons (Fsp3) is 0.250. The molecule has 6 heteroatoms. The van der Waals surface area contributed by atoms with Crippen molar-refractivity contribution in [2.45, 2.75) is 32.7 Å². The number of fused-ring (bicyclic) bond motifs is 1. The normalized spacial score (nSPS) is 11.7. The van der Waals surface area contributed by atoms with Crippen LogP contribution < -0.4 is 5.32 Å². The summed E-state index contributed by atoms with van der Waals surface area (Å²) in [7, 11) is 0. The molecular formula is C24H25N5O. The lowest BCUT2D eigenvalue weighted by molar-refractivity contribution is 0.0986. The largest absolute Gasteiger partial charge is 0.346 e. The minimum absolute atomic E-state index is 0.0112. The van der Waals surface area contributed by atoms with Gasteiger partial charge in [0.15, 0.2) is 5.78 Å². The molecule has 3 heterocycles. The van der Waals surface area contributed by atoms with Crippen LogP contribution in [0.15, 0.2) is 61.2 Å². The number of benzene rings is 1. The zero-order chi connectivity index (χ0) is 21.1. The van der Waals surface area contributed by atoms with E-state index in [1.54, 1.807) is 12.5 Å². The molecule has 0 atom stereocenters. The third kappa shape index (κ3) is 4.28. The molecule has 4 rings (SSSR count). The Morgan fingerprint density at radius 3 is 2.50 bits per heavy atom. The molecule has 0 spiro atoms. The first-order valence-electron chi connectivity index (χ1n) is 10.00. The van der Waals surface area contributed by atoms with Crippen LogP contribution in [0.2, 0.25) is 0 Å². The molecule has 0 bridgehead atoms. The van der Waals surface area contributed by atoms with Crippen LogP contribution in [0.1, 0.15) is 42.4 Å². The number of ketones is 1. The van der Waals surface area contributed by atoms with Gasteiger partial charge in [0.25, 0.3) is 0 Å². The molecule has 3 aromatic heterocycles. The fourth-order valence-corrected chi connectivity index (χ4v) is 3.30. The number of carbonyl (C=O) groups excluding carboxylic acids is 1. The number of rotatable bonds is 6. The first-order valence-corrected chi connectivity index (χ1v) is 10.00. The third-order valence-corrected chi connectivity index (χ3v) is 5.11. The quantitative estimate of drug-likeness (QED) is 0.473. The molecule has 2 N–H and O–H groups in total. The van der Waals surface area contributed by atoms with Gasteiger partial charge in [0.1, 0.15) is 17.7 Å². The van der Waals surface area contributed by atoms with E-state index in [1.165, 1.54) is 0 Å². The highest BCUT2D eigenvalue weighted by atomic mass is 16.1. The second kappa shape index (κ2) is 8.16. The molecule has 0 aliphatic rings. The van der Waals surface area contributed by atoms with Gasteiger partial charge in [-0.3, -0.25) is 9.78 Å². The predicted octanol–water partition coefficient (Wildman–Crippen LogP) is 4.29. The van der Waals surface area contributed by atoms with Crippen molar-refractivity contribution in [1.82, 2.24) is 25.3 Å². The molecule has 0 saturated carbocycles. The summed E-state index contributed by atoms with van der Waals surface area (Å²) in [6, 6.07) is 13.9. The van der Waals surface area contributed by atoms with Gasteiger partial charge in [-0.2, -0.15) is 0 Å². The van der Waals surface area contributed by atoms with E-state index in [0.717, 1.165) is 33.4 Å². The second-order valence-electron chi connectivity index (χ2n) is 8.37. The second-order valence-corrected chi connectivity index (χ2v) is 8.37. The highest BCUT2D eigenvalue weighted by molar-refractivity contribution is 5.95. The summed E-state index contributed by atoms with van der Waals surface area (Å²) in [5.41, 5.74) is 5.50. The average molecular weight is 399 g/mol. The van der Waals surface area contributed by atoms with Crippen molar-refractivity contribution in [3.8, 4) is 11.3 Å². The van der Waals surface area contributed by atoms with Crippen LogP contribution in [0.25, 0.3) is 22.3 Å². The van der Waals surface area contributed by atoms with E-state index < -0.39 is 0 Å². The van der Waals surface area contributed by atoms with Crippen LogP contribution in [-0.4, -0.2) is 32.3 Å². The molecule has 30 heavy (non-hydrogen) atoms. The van der Waals surface area contributed by atoms with Crippen molar-refractivity contribution in [2.24, 2.45) is 0 Å². The van der Waals surface area contributed by atoms with Crippen molar-refractivity contribution in [3.63, 3.8) is 0 Å². The van der Waals surface area contributed by atoms with Crippen molar-refractivity contribution >= 4 is 16.8 Å². The summed E-state index contributed by atoms with van der Waals surface area (Å²) in [4.78, 5) is 28.5. The van der Waals surface area contributed by atoms with Crippen molar-refractivity contribution in [3.05, 3.63) is 78.0 Å². The zero-order valence-corrected chi connectivity index (χ0v) is 17.4. The number of H-pyrrole nitrogens is 1. The summed E-state index contributed by atoms with van der Waals surface area (Å²) < 4.78 is 0. The number of carbonyl (C=O) groups is 1. The van der Waals surface area contributed by atoms with E-state index in [9.17, 15) is 4.79 Å². The molecule has 0 unspecified atom stereocenters. The Hall–Kier alpha value is -3.38. The van der Waals surface area contributed by atoms with Crippen LogP contribution in [0.3, 0.4) is 0 Å². The molecule has 4 aromatic rings. The highest BCUT2D eigenvalue weighted by Crippen LogP contribution is 2.25. The molecule has 0 fully saturated rings. The van der Waals surface area contributed by atoms with Gasteiger partial charge in [0.2, 0.25) is 0 Å². The number of nitrogens with zero attached hydrogens (tertiary/aromatic N) is 3. The maximum Gasteiger partial charge on any atom is 0.194 e. The highest BCUT2D eigenvalue weighted by Gasteiger charge is 2.15. The first-order chi connectivity index (χ1) is 14.4. The zero-order valence-electron chi connectivity index (χ0n) is 17.4. The molecule has 6 nitrogen and oxygen atoms in total. The Balaban J connectivity index is 1.35. The van der Waals surface area contributed by atoms with Gasteiger partial charge >= 0.3 is 0 Å². The SMILES string of the molecule is CC(C)(C)c1ccc(C(=O)CNCc2ccc(-c3ncnc4[nH]ccc34)cc2)nc1. The van der Waals surface area contributed by atoms with Gasteiger partial charge in [-0.05, 0) is 28.7 Å². The number of aromatic amines is 1. The van der Waals surface area contributed by atoms with E-state index in [-0.39, 0.29) is 17.7 Å². The monoisotopic (exact) mass is 399 g/mol. The van der Waals surface area contributed by atoms with Crippen LogP contribution in [-0.2, 0) is 12.0 Å². The van der Waals surface area contributed by atoms with Gasteiger partial charge in [0, 0.05) is 29.9 Å². The van der Waals surface area contributed by atoms with Gasteiger partial charge in [-0.25, -0.2) is 9.97 Å². The fourth-order valence-electron chi connectivity index (χ4n) is 3.30. The lowest BCUT2D eigenvalue weighted by Crippen LogP contribution is -2.23. The predicted molar refractivity (Wildman–Crippen MR) is 118 cm³/mol. The van der Waals surface area contributed by atoms with Gasteiger partial charge in [-0.1, -0.05) is 51.1 Å². The molecular weight excluding hydrogens is 374 g/mol. The standard InChI is InChI=1S/C24H25N5O/c1-24(2,3)18-8-9-20(27-13-18)21(30)14-25-12-16-4-6-17(7-5-16)22-19-10-11-26-23(19)29-15-28-22/h4-11,13,15,25H,12,14H2,1-3H3,(H,26,28,29). The number of nitrogens with one attached hydrogen (secondary N) is 2. The molecule has 0 aliphatic heterocycles. The van der Waals surface area contributed by atoms with E-state index in [1.807, 2.05) is 48.7 Å². The molecule has 152 valence electrons. The van der Waals surface area contributed by atoms with E-state index in [2.05, 4.69) is 46.0 Å². The smallest absolute Gasteiger partial charge is 0.194 e. The van der Waals surface area contributed by atoms with Crippen LogP contribution in [0, 0.1) is 0 Å². The maximum absolute atomic E-state index is 12.4. The molecule has 0 radical (unpaired) electrons. The minimum atomic E-state index is -0.0112. The average Bonchev–Trinajstić information content (AvgIpc) is 3.23.